The summed E-state index contributed by atoms with van der Waals surface area (Å²) in [6.45, 7) is 1.63. The van der Waals surface area contributed by atoms with Crippen molar-refractivity contribution in [3.63, 3.8) is 0 Å². The van der Waals surface area contributed by atoms with E-state index in [9.17, 15) is 8.42 Å². The summed E-state index contributed by atoms with van der Waals surface area (Å²) in [5.41, 5.74) is 6.06. The Labute approximate surface area is 95.1 Å². The smallest absolute Gasteiger partial charge is 0.249 e. The van der Waals surface area contributed by atoms with Crippen molar-refractivity contribution >= 4 is 15.8 Å². The third-order valence-electron chi connectivity index (χ3n) is 2.29. The van der Waals surface area contributed by atoms with Gasteiger partial charge in [-0.2, -0.15) is 9.40 Å². The Bertz CT molecular complexity index is 539. The Morgan fingerprint density at radius 1 is 1.62 bits per heavy atom. The second kappa shape index (κ2) is 4.15. The van der Waals surface area contributed by atoms with Gasteiger partial charge in [-0.15, -0.1) is 6.42 Å². The molecule has 6 nitrogen and oxygen atoms in total. The van der Waals surface area contributed by atoms with Gasteiger partial charge >= 0.3 is 0 Å². The number of nitrogens with two attached hydrogens (primary N) is 1. The number of terminal acetylenes is 1. The molecule has 0 fully saturated rings. The van der Waals surface area contributed by atoms with Crippen molar-refractivity contribution < 1.29 is 8.42 Å². The summed E-state index contributed by atoms with van der Waals surface area (Å²) >= 11 is 0. The number of hydrogen-bond donors (Lipinski definition) is 1. The highest BCUT2D eigenvalue weighted by Crippen LogP contribution is 2.23. The number of rotatable bonds is 3. The van der Waals surface area contributed by atoms with Crippen LogP contribution in [0.2, 0.25) is 0 Å². The Morgan fingerprint density at radius 3 is 2.56 bits per heavy atom. The van der Waals surface area contributed by atoms with Gasteiger partial charge < -0.3 is 5.73 Å². The fourth-order valence-corrected chi connectivity index (χ4v) is 2.67. The minimum absolute atomic E-state index is 0.00386. The quantitative estimate of drug-likeness (QED) is 0.729. The average molecular weight is 242 g/mol. The van der Waals surface area contributed by atoms with Crippen molar-refractivity contribution in [2.24, 2.45) is 7.05 Å². The molecular weight excluding hydrogens is 228 g/mol. The zero-order valence-electron chi connectivity index (χ0n) is 9.43. The first-order valence-corrected chi connectivity index (χ1v) is 5.95. The molecule has 1 aromatic heterocycles. The Balaban J connectivity index is 3.34. The predicted octanol–water partition coefficient (Wildman–Crippen LogP) is -0.436. The first kappa shape index (κ1) is 12.5. The van der Waals surface area contributed by atoms with E-state index in [2.05, 4.69) is 11.0 Å². The average Bonchev–Trinajstić information content (AvgIpc) is 2.41. The van der Waals surface area contributed by atoms with Crippen LogP contribution in [0.25, 0.3) is 0 Å². The summed E-state index contributed by atoms with van der Waals surface area (Å²) in [6.07, 6.45) is 5.08. The lowest BCUT2D eigenvalue weighted by atomic mass is 10.5. The van der Waals surface area contributed by atoms with Crippen molar-refractivity contribution in [2.75, 3.05) is 19.3 Å². The van der Waals surface area contributed by atoms with Crippen LogP contribution in [0.5, 0.6) is 0 Å². The monoisotopic (exact) mass is 242 g/mol. The van der Waals surface area contributed by atoms with Gasteiger partial charge in [0.25, 0.3) is 0 Å². The van der Waals surface area contributed by atoms with Crippen LogP contribution in [0, 0.1) is 19.3 Å². The number of aryl methyl sites for hydroxylation is 1. The number of nitrogens with zero attached hydrogens (tertiary/aromatic N) is 3. The predicted molar refractivity (Wildman–Crippen MR) is 61.0 cm³/mol. The molecule has 0 radical (unpaired) electrons. The van der Waals surface area contributed by atoms with Crippen LogP contribution < -0.4 is 5.73 Å². The van der Waals surface area contributed by atoms with E-state index in [-0.39, 0.29) is 17.3 Å². The molecule has 2 N–H and O–H groups in total. The van der Waals surface area contributed by atoms with Crippen molar-refractivity contribution in [1.29, 1.82) is 0 Å². The first-order chi connectivity index (χ1) is 7.32. The molecule has 0 aliphatic heterocycles. The normalized spacial score (nSPS) is 11.7. The van der Waals surface area contributed by atoms with Gasteiger partial charge in [-0.1, -0.05) is 5.92 Å². The van der Waals surface area contributed by atoms with Crippen LogP contribution in [-0.4, -0.2) is 36.1 Å². The van der Waals surface area contributed by atoms with Crippen LogP contribution in [0.3, 0.4) is 0 Å². The SMILES string of the molecule is C#CCN(C)S(=O)(=O)c1c(N)nn(C)c1C. The minimum Gasteiger partial charge on any atom is -0.381 e. The molecule has 0 amide bonds. The van der Waals surface area contributed by atoms with Gasteiger partial charge in [0.1, 0.15) is 4.90 Å². The summed E-state index contributed by atoms with van der Waals surface area (Å²) < 4.78 is 26.6. The summed E-state index contributed by atoms with van der Waals surface area (Å²) in [6, 6.07) is 0. The second-order valence-electron chi connectivity index (χ2n) is 3.39. The first-order valence-electron chi connectivity index (χ1n) is 4.51. The summed E-state index contributed by atoms with van der Waals surface area (Å²) in [5, 5.41) is 3.86. The van der Waals surface area contributed by atoms with Crippen molar-refractivity contribution in [1.82, 2.24) is 14.1 Å². The van der Waals surface area contributed by atoms with Gasteiger partial charge in [-0.25, -0.2) is 8.42 Å². The van der Waals surface area contributed by atoms with Crippen LogP contribution >= 0.6 is 0 Å². The van der Waals surface area contributed by atoms with E-state index >= 15 is 0 Å². The number of anilines is 1. The highest BCUT2D eigenvalue weighted by molar-refractivity contribution is 7.89. The van der Waals surface area contributed by atoms with E-state index in [1.54, 1.807) is 14.0 Å². The highest BCUT2D eigenvalue weighted by atomic mass is 32.2. The van der Waals surface area contributed by atoms with Crippen molar-refractivity contribution in [3.8, 4) is 12.3 Å². The number of aromatic nitrogens is 2. The zero-order valence-corrected chi connectivity index (χ0v) is 10.2. The number of hydrogen-bond acceptors (Lipinski definition) is 4. The van der Waals surface area contributed by atoms with Crippen molar-refractivity contribution in [2.45, 2.75) is 11.8 Å². The van der Waals surface area contributed by atoms with Crippen molar-refractivity contribution in [3.05, 3.63) is 5.69 Å². The third-order valence-corrected chi connectivity index (χ3v) is 4.26. The number of sulfonamides is 1. The van der Waals surface area contributed by atoms with Gasteiger partial charge in [0.05, 0.1) is 12.2 Å². The second-order valence-corrected chi connectivity index (χ2v) is 5.37. The van der Waals surface area contributed by atoms with Gasteiger partial charge in [-0.3, -0.25) is 4.68 Å². The summed E-state index contributed by atoms with van der Waals surface area (Å²) in [5.74, 6) is 2.26. The van der Waals surface area contributed by atoms with Gasteiger partial charge in [0.15, 0.2) is 5.82 Å². The van der Waals surface area contributed by atoms with Crippen LogP contribution in [0.15, 0.2) is 4.90 Å². The molecule has 0 saturated heterocycles. The van der Waals surface area contributed by atoms with Crippen LogP contribution in [0.4, 0.5) is 5.82 Å². The van der Waals surface area contributed by atoms with E-state index < -0.39 is 10.0 Å². The lowest BCUT2D eigenvalue weighted by Crippen LogP contribution is -2.28. The molecular formula is C9H14N4O2S. The molecule has 0 aliphatic rings. The Hall–Kier alpha value is -1.52. The van der Waals surface area contributed by atoms with Gasteiger partial charge in [-0.05, 0) is 6.92 Å². The molecule has 0 atom stereocenters. The lowest BCUT2D eigenvalue weighted by Gasteiger charge is -2.14. The van der Waals surface area contributed by atoms with Crippen LogP contribution in [-0.2, 0) is 17.1 Å². The molecule has 7 heteroatoms. The molecule has 0 aromatic carbocycles. The maximum absolute atomic E-state index is 12.1. The third kappa shape index (κ3) is 1.89. The molecule has 88 valence electrons. The maximum Gasteiger partial charge on any atom is 0.249 e. The fraction of sp³-hybridized carbons (Fsp3) is 0.444. The lowest BCUT2D eigenvalue weighted by molar-refractivity contribution is 0.502. The van der Waals surface area contributed by atoms with E-state index in [0.717, 1.165) is 4.31 Å². The van der Waals surface area contributed by atoms with E-state index in [4.69, 9.17) is 12.2 Å². The molecule has 0 saturated carbocycles. The molecule has 0 aliphatic carbocycles. The molecule has 0 unspecified atom stereocenters. The molecule has 0 bridgehead atoms. The molecule has 1 heterocycles. The Kier molecular flexibility index (Phi) is 3.26. The highest BCUT2D eigenvalue weighted by Gasteiger charge is 2.28. The molecule has 1 rings (SSSR count). The summed E-state index contributed by atoms with van der Waals surface area (Å²) in [4.78, 5) is 0.0211. The van der Waals surface area contributed by atoms with Gasteiger partial charge in [0, 0.05) is 14.1 Å². The Morgan fingerprint density at radius 2 is 2.19 bits per heavy atom. The topological polar surface area (TPSA) is 81.2 Å². The molecule has 0 spiro atoms. The number of nitrogen functional groups attached to an aromatic ring is 1. The van der Waals surface area contributed by atoms with E-state index in [0.29, 0.717) is 5.69 Å². The molecule has 1 aromatic rings. The summed E-state index contributed by atoms with van der Waals surface area (Å²) in [7, 11) is -0.624. The minimum atomic E-state index is -3.66. The maximum atomic E-state index is 12.1. The zero-order chi connectivity index (χ0) is 12.5. The fourth-order valence-electron chi connectivity index (χ4n) is 1.30. The van der Waals surface area contributed by atoms with Gasteiger partial charge in [0.2, 0.25) is 10.0 Å². The standard InChI is InChI=1S/C9H14N4O2S/c1-5-6-12(3)16(14,15)8-7(2)13(4)11-9(8)10/h1H,6H2,2-4H3,(H2,10,11). The van der Waals surface area contributed by atoms with E-state index in [1.807, 2.05) is 0 Å². The molecule has 16 heavy (non-hydrogen) atoms. The van der Waals surface area contributed by atoms with Crippen LogP contribution in [0.1, 0.15) is 5.69 Å². The largest absolute Gasteiger partial charge is 0.381 e. The van der Waals surface area contributed by atoms with E-state index in [1.165, 1.54) is 11.7 Å².